The summed E-state index contributed by atoms with van der Waals surface area (Å²) in [6.07, 6.45) is 4.60. The highest BCUT2D eigenvalue weighted by Gasteiger charge is 2.06. The summed E-state index contributed by atoms with van der Waals surface area (Å²) in [5.74, 6) is 0.729. The van der Waals surface area contributed by atoms with Crippen molar-refractivity contribution in [1.82, 2.24) is 15.0 Å². The van der Waals surface area contributed by atoms with Gasteiger partial charge in [0.2, 0.25) is 10.0 Å². The number of hydrogen-bond acceptors (Lipinski definition) is 5. The van der Waals surface area contributed by atoms with E-state index in [0.29, 0.717) is 31.3 Å². The number of nitrogens with one attached hydrogen (secondary N) is 2. The lowest BCUT2D eigenvalue weighted by atomic mass is 10.2. The smallest absolute Gasteiger partial charge is 0.208 e. The van der Waals surface area contributed by atoms with E-state index in [2.05, 4.69) is 15.0 Å². The van der Waals surface area contributed by atoms with Gasteiger partial charge in [-0.2, -0.15) is 0 Å². The molecular formula is C16H20ClN3O3S. The molecule has 1 aromatic heterocycles. The first-order valence-corrected chi connectivity index (χ1v) is 9.66. The maximum absolute atomic E-state index is 11.0. The van der Waals surface area contributed by atoms with Crippen LogP contribution in [0.15, 0.2) is 42.7 Å². The summed E-state index contributed by atoms with van der Waals surface area (Å²) in [6.45, 7) is 1.76. The van der Waals surface area contributed by atoms with E-state index >= 15 is 0 Å². The molecule has 0 saturated heterocycles. The molecule has 8 heteroatoms. The average Bonchev–Trinajstić information content (AvgIpc) is 2.53. The lowest BCUT2D eigenvalue weighted by Crippen LogP contribution is -2.30. The molecule has 0 aliphatic rings. The van der Waals surface area contributed by atoms with Crippen molar-refractivity contribution < 1.29 is 13.2 Å². The Morgan fingerprint density at radius 2 is 2.08 bits per heavy atom. The molecule has 24 heavy (non-hydrogen) atoms. The fourth-order valence-electron chi connectivity index (χ4n) is 2.02. The zero-order valence-electron chi connectivity index (χ0n) is 13.3. The van der Waals surface area contributed by atoms with Crippen molar-refractivity contribution in [2.24, 2.45) is 0 Å². The number of ether oxygens (including phenoxy) is 1. The summed E-state index contributed by atoms with van der Waals surface area (Å²) in [6, 6.07) is 9.23. The predicted octanol–water partition coefficient (Wildman–Crippen LogP) is 1.95. The second kappa shape index (κ2) is 8.98. The summed E-state index contributed by atoms with van der Waals surface area (Å²) >= 11 is 6.05. The minimum atomic E-state index is -3.17. The number of benzene rings is 1. The SMILES string of the molecule is CS(=O)(=O)NCCNCc1cc(Cl)ccc1OCc1cccnc1. The number of nitrogens with zero attached hydrogens (tertiary/aromatic N) is 1. The molecule has 0 amide bonds. The first kappa shape index (κ1) is 18.7. The minimum Gasteiger partial charge on any atom is -0.489 e. The van der Waals surface area contributed by atoms with Gasteiger partial charge in [-0.15, -0.1) is 0 Å². The summed E-state index contributed by atoms with van der Waals surface area (Å²) in [5.41, 5.74) is 1.88. The van der Waals surface area contributed by atoms with E-state index < -0.39 is 10.0 Å². The van der Waals surface area contributed by atoms with Gasteiger partial charge < -0.3 is 10.1 Å². The molecule has 2 rings (SSSR count). The first-order chi connectivity index (χ1) is 11.4. The van der Waals surface area contributed by atoms with Gasteiger partial charge in [0.05, 0.1) is 6.26 Å². The quantitative estimate of drug-likeness (QED) is 0.660. The average molecular weight is 370 g/mol. The maximum Gasteiger partial charge on any atom is 0.208 e. The fraction of sp³-hybridized carbons (Fsp3) is 0.312. The molecule has 0 radical (unpaired) electrons. The molecule has 1 aromatic carbocycles. The van der Waals surface area contributed by atoms with Crippen molar-refractivity contribution in [2.45, 2.75) is 13.2 Å². The highest BCUT2D eigenvalue weighted by atomic mass is 35.5. The molecule has 0 aliphatic heterocycles. The van der Waals surface area contributed by atoms with Gasteiger partial charge in [-0.3, -0.25) is 4.98 Å². The van der Waals surface area contributed by atoms with Crippen molar-refractivity contribution in [3.63, 3.8) is 0 Å². The topological polar surface area (TPSA) is 80.3 Å². The Labute approximate surface area is 147 Å². The molecule has 0 fully saturated rings. The minimum absolute atomic E-state index is 0.325. The van der Waals surface area contributed by atoms with Crippen molar-refractivity contribution in [3.8, 4) is 5.75 Å². The highest BCUT2D eigenvalue weighted by Crippen LogP contribution is 2.23. The molecule has 0 atom stereocenters. The Balaban J connectivity index is 1.90. The summed E-state index contributed by atoms with van der Waals surface area (Å²) in [5, 5.41) is 3.78. The second-order valence-corrected chi connectivity index (χ2v) is 7.51. The molecular weight excluding hydrogens is 350 g/mol. The molecule has 1 heterocycles. The Hall–Kier alpha value is -1.67. The molecule has 2 aromatic rings. The Morgan fingerprint density at radius 3 is 2.79 bits per heavy atom. The van der Waals surface area contributed by atoms with Gasteiger partial charge in [0, 0.05) is 48.2 Å². The Kier molecular flexibility index (Phi) is 6.99. The first-order valence-electron chi connectivity index (χ1n) is 7.39. The van der Waals surface area contributed by atoms with Crippen LogP contribution < -0.4 is 14.8 Å². The van der Waals surface area contributed by atoms with Gasteiger partial charge in [0.25, 0.3) is 0 Å². The Bertz CT molecular complexity index is 754. The number of sulfonamides is 1. The number of rotatable bonds is 9. The van der Waals surface area contributed by atoms with Crippen LogP contribution in [0.2, 0.25) is 5.02 Å². The summed E-state index contributed by atoms with van der Waals surface area (Å²) in [7, 11) is -3.17. The van der Waals surface area contributed by atoms with Crippen molar-refractivity contribution in [3.05, 3.63) is 58.9 Å². The predicted molar refractivity (Wildman–Crippen MR) is 94.6 cm³/mol. The van der Waals surface area contributed by atoms with E-state index in [-0.39, 0.29) is 0 Å². The molecule has 2 N–H and O–H groups in total. The van der Waals surface area contributed by atoms with Crippen LogP contribution in [-0.2, 0) is 23.2 Å². The van der Waals surface area contributed by atoms with E-state index in [1.165, 1.54) is 0 Å². The van der Waals surface area contributed by atoms with Crippen molar-refractivity contribution in [1.29, 1.82) is 0 Å². The van der Waals surface area contributed by atoms with E-state index in [0.717, 1.165) is 23.1 Å². The van der Waals surface area contributed by atoms with Crippen molar-refractivity contribution >= 4 is 21.6 Å². The lowest BCUT2D eigenvalue weighted by molar-refractivity contribution is 0.301. The number of pyridine rings is 1. The maximum atomic E-state index is 11.0. The number of hydrogen-bond donors (Lipinski definition) is 2. The monoisotopic (exact) mass is 369 g/mol. The molecule has 0 bridgehead atoms. The van der Waals surface area contributed by atoms with E-state index in [1.54, 1.807) is 18.5 Å². The van der Waals surface area contributed by atoms with E-state index in [1.807, 2.05) is 24.3 Å². The van der Waals surface area contributed by atoms with Crippen LogP contribution in [0, 0.1) is 0 Å². The molecule has 0 spiro atoms. The third-order valence-corrected chi connectivity index (χ3v) is 4.08. The van der Waals surface area contributed by atoms with Gasteiger partial charge in [0.1, 0.15) is 12.4 Å². The van der Waals surface area contributed by atoms with Gasteiger partial charge in [0.15, 0.2) is 0 Å². The standard InChI is InChI=1S/C16H20ClN3O3S/c1-24(21,22)20-8-7-19-11-14-9-15(17)4-5-16(14)23-12-13-3-2-6-18-10-13/h2-6,9-10,19-20H,7-8,11-12H2,1H3. The second-order valence-electron chi connectivity index (χ2n) is 5.25. The molecule has 6 nitrogen and oxygen atoms in total. The Morgan fingerprint density at radius 1 is 1.25 bits per heavy atom. The van der Waals surface area contributed by atoms with Crippen LogP contribution in [0.4, 0.5) is 0 Å². The zero-order chi connectivity index (χ0) is 17.4. The van der Waals surface area contributed by atoms with Crippen molar-refractivity contribution in [2.75, 3.05) is 19.3 Å². The van der Waals surface area contributed by atoms with Crippen LogP contribution in [-0.4, -0.2) is 32.7 Å². The van der Waals surface area contributed by atoms with Gasteiger partial charge >= 0.3 is 0 Å². The van der Waals surface area contributed by atoms with Crippen LogP contribution in [0.25, 0.3) is 0 Å². The van der Waals surface area contributed by atoms with Crippen LogP contribution in [0.3, 0.4) is 0 Å². The lowest BCUT2D eigenvalue weighted by Gasteiger charge is -2.13. The normalized spacial score (nSPS) is 11.4. The largest absolute Gasteiger partial charge is 0.489 e. The molecule has 0 unspecified atom stereocenters. The number of aromatic nitrogens is 1. The van der Waals surface area contributed by atoms with E-state index in [9.17, 15) is 8.42 Å². The van der Waals surface area contributed by atoms with Crippen LogP contribution in [0.1, 0.15) is 11.1 Å². The third kappa shape index (κ3) is 6.84. The summed E-state index contributed by atoms with van der Waals surface area (Å²) < 4.78 is 30.3. The summed E-state index contributed by atoms with van der Waals surface area (Å²) in [4.78, 5) is 4.05. The van der Waals surface area contributed by atoms with Crippen LogP contribution >= 0.6 is 11.6 Å². The highest BCUT2D eigenvalue weighted by molar-refractivity contribution is 7.88. The van der Waals surface area contributed by atoms with Gasteiger partial charge in [-0.05, 0) is 24.3 Å². The fourth-order valence-corrected chi connectivity index (χ4v) is 2.69. The number of halogens is 1. The van der Waals surface area contributed by atoms with E-state index in [4.69, 9.17) is 16.3 Å². The molecule has 130 valence electrons. The molecule has 0 aliphatic carbocycles. The van der Waals surface area contributed by atoms with Gasteiger partial charge in [-0.25, -0.2) is 13.1 Å². The van der Waals surface area contributed by atoms with Gasteiger partial charge in [-0.1, -0.05) is 17.7 Å². The van der Waals surface area contributed by atoms with Crippen LogP contribution in [0.5, 0.6) is 5.75 Å². The third-order valence-electron chi connectivity index (χ3n) is 3.12. The molecule has 0 saturated carbocycles. The zero-order valence-corrected chi connectivity index (χ0v) is 14.9.